The van der Waals surface area contributed by atoms with Crippen molar-refractivity contribution in [3.8, 4) is 0 Å². The zero-order chi connectivity index (χ0) is 19.2. The molecule has 0 aliphatic carbocycles. The molecule has 2 aromatic rings. The molecule has 5 heteroatoms. The van der Waals surface area contributed by atoms with Crippen molar-refractivity contribution >= 4 is 26.8 Å². The van der Waals surface area contributed by atoms with E-state index >= 15 is 0 Å². The van der Waals surface area contributed by atoms with Crippen molar-refractivity contribution in [3.05, 3.63) is 59.7 Å². The lowest BCUT2D eigenvalue weighted by Crippen LogP contribution is -2.65. The average molecular weight is 385 g/mol. The number of nitrogen functional groups attached to an aromatic ring is 2. The zero-order valence-electron chi connectivity index (χ0n) is 16.7. The van der Waals surface area contributed by atoms with Crippen LogP contribution in [-0.2, 0) is 4.43 Å². The first-order chi connectivity index (χ1) is 12.0. The van der Waals surface area contributed by atoms with Gasteiger partial charge in [0.25, 0.3) is 0 Å². The SMILES string of the molecule is CC1(C(c2ccc(N)cc2)c2ccc(N)cc2)CC[Si](C)(C)[Si](C)(C)O1. The van der Waals surface area contributed by atoms with Crippen LogP contribution in [0.2, 0.25) is 32.2 Å². The highest BCUT2D eigenvalue weighted by Crippen LogP contribution is 2.48. The summed E-state index contributed by atoms with van der Waals surface area (Å²) in [5.41, 5.74) is 15.8. The molecular formula is C21H32N2OSi2. The topological polar surface area (TPSA) is 61.3 Å². The molecule has 0 spiro atoms. The smallest absolute Gasteiger partial charge is 0.174 e. The first-order valence-corrected chi connectivity index (χ1v) is 16.6. The van der Waals surface area contributed by atoms with Gasteiger partial charge < -0.3 is 15.9 Å². The lowest BCUT2D eigenvalue weighted by Gasteiger charge is -2.53. The van der Waals surface area contributed by atoms with Crippen LogP contribution in [0.3, 0.4) is 0 Å². The molecule has 1 heterocycles. The molecule has 0 bridgehead atoms. The minimum atomic E-state index is -1.71. The molecule has 3 nitrogen and oxygen atoms in total. The van der Waals surface area contributed by atoms with Gasteiger partial charge in [0.15, 0.2) is 7.83 Å². The molecule has 4 N–H and O–H groups in total. The molecule has 26 heavy (non-hydrogen) atoms. The molecule has 2 aromatic carbocycles. The summed E-state index contributed by atoms with van der Waals surface area (Å²) in [6.07, 6.45) is 1.10. The third-order valence-electron chi connectivity index (χ3n) is 6.51. The van der Waals surface area contributed by atoms with Gasteiger partial charge >= 0.3 is 0 Å². The summed E-state index contributed by atoms with van der Waals surface area (Å²) in [5.74, 6) is 0.181. The van der Waals surface area contributed by atoms with Gasteiger partial charge in [-0.2, -0.15) is 0 Å². The second-order valence-electron chi connectivity index (χ2n) is 9.08. The van der Waals surface area contributed by atoms with Crippen LogP contribution in [0, 0.1) is 0 Å². The molecule has 1 unspecified atom stereocenters. The van der Waals surface area contributed by atoms with Gasteiger partial charge in [0.2, 0.25) is 0 Å². The van der Waals surface area contributed by atoms with E-state index in [2.05, 4.69) is 57.4 Å². The van der Waals surface area contributed by atoms with E-state index in [0.29, 0.717) is 0 Å². The molecule has 0 amide bonds. The minimum absolute atomic E-state index is 0.181. The number of anilines is 2. The number of hydrogen-bond donors (Lipinski definition) is 2. The van der Waals surface area contributed by atoms with Crippen LogP contribution >= 0.6 is 0 Å². The summed E-state index contributed by atoms with van der Waals surface area (Å²) in [4.78, 5) is 0. The molecule has 0 saturated carbocycles. The first kappa shape index (κ1) is 19.2. The summed E-state index contributed by atoms with van der Waals surface area (Å²) in [6.45, 7) is 12.1. The standard InChI is InChI=1S/C21H32N2OSi2/c1-21(14-15-25(2,3)26(4,5)24-21)20(16-6-10-18(22)11-7-16)17-8-12-19(23)13-9-17/h6-13,20H,14-15,22-23H2,1-5H3. The Labute approximate surface area is 159 Å². The Morgan fingerprint density at radius 1 is 0.846 bits per heavy atom. The second kappa shape index (κ2) is 6.55. The molecule has 3 rings (SSSR count). The predicted octanol–water partition coefficient (Wildman–Crippen LogP) is 5.15. The Balaban J connectivity index is 2.08. The Morgan fingerprint density at radius 3 is 1.65 bits per heavy atom. The van der Waals surface area contributed by atoms with Crippen molar-refractivity contribution in [1.29, 1.82) is 0 Å². The van der Waals surface area contributed by atoms with Crippen LogP contribution in [0.4, 0.5) is 11.4 Å². The fourth-order valence-electron chi connectivity index (χ4n) is 4.11. The van der Waals surface area contributed by atoms with Crippen molar-refractivity contribution in [2.45, 2.75) is 57.1 Å². The monoisotopic (exact) mass is 384 g/mol. The summed E-state index contributed by atoms with van der Waals surface area (Å²) in [5, 5.41) is 0. The van der Waals surface area contributed by atoms with Crippen LogP contribution in [0.5, 0.6) is 0 Å². The second-order valence-corrected chi connectivity index (χ2v) is 24.2. The maximum Gasteiger partial charge on any atom is 0.174 e. The van der Waals surface area contributed by atoms with Crippen molar-refractivity contribution < 1.29 is 4.43 Å². The first-order valence-electron chi connectivity index (χ1n) is 9.45. The van der Waals surface area contributed by atoms with Crippen LogP contribution in [0.1, 0.15) is 30.4 Å². The number of benzene rings is 2. The van der Waals surface area contributed by atoms with Crippen molar-refractivity contribution in [2.75, 3.05) is 11.5 Å². The van der Waals surface area contributed by atoms with E-state index in [9.17, 15) is 0 Å². The minimum Gasteiger partial charge on any atom is -0.414 e. The number of rotatable bonds is 3. The highest BCUT2D eigenvalue weighted by molar-refractivity contribution is 7.38. The third-order valence-corrected chi connectivity index (χ3v) is 23.1. The number of hydrogen-bond acceptors (Lipinski definition) is 3. The molecule has 1 aliphatic heterocycles. The fourth-order valence-corrected chi connectivity index (χ4v) is 11.2. The van der Waals surface area contributed by atoms with Crippen molar-refractivity contribution in [1.82, 2.24) is 0 Å². The van der Waals surface area contributed by atoms with Gasteiger partial charge in [-0.3, -0.25) is 0 Å². The van der Waals surface area contributed by atoms with E-state index in [1.54, 1.807) is 0 Å². The Morgan fingerprint density at radius 2 is 1.27 bits per heavy atom. The molecule has 1 atom stereocenters. The van der Waals surface area contributed by atoms with E-state index in [1.165, 1.54) is 17.2 Å². The van der Waals surface area contributed by atoms with Gasteiger partial charge in [0.05, 0.1) is 13.2 Å². The third kappa shape index (κ3) is 3.48. The maximum atomic E-state index is 7.05. The lowest BCUT2D eigenvalue weighted by molar-refractivity contribution is 0.0554. The van der Waals surface area contributed by atoms with Crippen LogP contribution in [0.15, 0.2) is 48.5 Å². The van der Waals surface area contributed by atoms with Gasteiger partial charge in [-0.05, 0) is 61.8 Å². The van der Waals surface area contributed by atoms with Gasteiger partial charge in [-0.1, -0.05) is 43.4 Å². The Kier molecular flexibility index (Phi) is 4.84. The molecule has 0 radical (unpaired) electrons. The highest BCUT2D eigenvalue weighted by atomic mass is 29.3. The highest BCUT2D eigenvalue weighted by Gasteiger charge is 2.54. The summed E-state index contributed by atoms with van der Waals surface area (Å²) in [6, 6.07) is 17.9. The summed E-state index contributed by atoms with van der Waals surface area (Å²) < 4.78 is 7.05. The number of nitrogens with two attached hydrogens (primary N) is 2. The van der Waals surface area contributed by atoms with E-state index in [-0.39, 0.29) is 11.5 Å². The van der Waals surface area contributed by atoms with E-state index in [4.69, 9.17) is 15.9 Å². The average Bonchev–Trinajstić information content (AvgIpc) is 2.55. The van der Waals surface area contributed by atoms with Crippen LogP contribution < -0.4 is 11.5 Å². The lowest BCUT2D eigenvalue weighted by atomic mass is 9.77. The van der Waals surface area contributed by atoms with Crippen molar-refractivity contribution in [3.63, 3.8) is 0 Å². The zero-order valence-corrected chi connectivity index (χ0v) is 18.7. The molecule has 140 valence electrons. The summed E-state index contributed by atoms with van der Waals surface area (Å²) >= 11 is 0. The van der Waals surface area contributed by atoms with E-state index in [1.807, 2.05) is 24.3 Å². The Bertz CT molecular complexity index is 726. The van der Waals surface area contributed by atoms with E-state index < -0.39 is 15.4 Å². The fraction of sp³-hybridized carbons (Fsp3) is 0.429. The maximum absolute atomic E-state index is 7.05. The summed E-state index contributed by atoms with van der Waals surface area (Å²) in [7, 11) is -3.01. The largest absolute Gasteiger partial charge is 0.414 e. The molecule has 1 fully saturated rings. The molecule has 1 aliphatic rings. The van der Waals surface area contributed by atoms with Crippen molar-refractivity contribution in [2.24, 2.45) is 0 Å². The van der Waals surface area contributed by atoms with E-state index in [0.717, 1.165) is 17.8 Å². The predicted molar refractivity (Wildman–Crippen MR) is 117 cm³/mol. The molecule has 1 saturated heterocycles. The van der Waals surface area contributed by atoms with Gasteiger partial charge in [0.1, 0.15) is 0 Å². The van der Waals surface area contributed by atoms with Gasteiger partial charge in [-0.25, -0.2) is 0 Å². The van der Waals surface area contributed by atoms with Gasteiger partial charge in [-0.15, -0.1) is 0 Å². The van der Waals surface area contributed by atoms with Crippen LogP contribution in [-0.4, -0.2) is 21.0 Å². The quantitative estimate of drug-likeness (QED) is 0.568. The molecular weight excluding hydrogens is 352 g/mol. The molecule has 0 aromatic heterocycles. The Hall–Kier alpha value is -1.57. The van der Waals surface area contributed by atoms with Crippen LogP contribution in [0.25, 0.3) is 0 Å². The van der Waals surface area contributed by atoms with Gasteiger partial charge in [0, 0.05) is 17.3 Å². The normalized spacial score (nSPS) is 24.5.